The molecule has 0 radical (unpaired) electrons. The summed E-state index contributed by atoms with van der Waals surface area (Å²) in [4.78, 5) is 13.6. The van der Waals surface area contributed by atoms with E-state index in [1.807, 2.05) is 0 Å². The number of carbonyl (C=O) groups is 1. The first-order valence-corrected chi connectivity index (χ1v) is 6.64. The molecule has 0 spiro atoms. The van der Waals surface area contributed by atoms with Crippen molar-refractivity contribution < 1.29 is 13.9 Å². The third kappa shape index (κ3) is 4.03. The van der Waals surface area contributed by atoms with Crippen molar-refractivity contribution in [3.8, 4) is 0 Å². The molecule has 0 aliphatic rings. The molecule has 0 aliphatic heterocycles. The predicted molar refractivity (Wildman–Crippen MR) is 73.6 cm³/mol. The van der Waals surface area contributed by atoms with Crippen molar-refractivity contribution in [1.29, 1.82) is 0 Å². The minimum atomic E-state index is -0.640. The smallest absolute Gasteiger partial charge is 0.340 e. The second-order valence-electron chi connectivity index (χ2n) is 4.63. The number of carbonyl (C=O) groups excluding carboxylic acids is 1. The minimum Gasteiger partial charge on any atom is -0.465 e. The molecule has 0 aromatic heterocycles. The number of halogens is 1. The Kier molecular flexibility index (Phi) is 5.96. The van der Waals surface area contributed by atoms with Crippen LogP contribution in [0.4, 0.5) is 4.39 Å². The van der Waals surface area contributed by atoms with Crippen molar-refractivity contribution in [2.45, 2.75) is 39.8 Å². The normalized spacial score (nSPS) is 12.5. The van der Waals surface area contributed by atoms with Gasteiger partial charge in [0.25, 0.3) is 0 Å². The van der Waals surface area contributed by atoms with Gasteiger partial charge in [0.1, 0.15) is 5.82 Å². The fourth-order valence-electron chi connectivity index (χ4n) is 2.00. The van der Waals surface area contributed by atoms with E-state index in [9.17, 15) is 9.18 Å². The molecule has 1 rings (SSSR count). The molecule has 0 fully saturated rings. The van der Waals surface area contributed by atoms with Gasteiger partial charge in [-0.25, -0.2) is 9.18 Å². The van der Waals surface area contributed by atoms with Crippen molar-refractivity contribution >= 4 is 5.97 Å². The maximum absolute atomic E-state index is 13.8. The summed E-state index contributed by atoms with van der Waals surface area (Å²) in [5.74, 6) is -1.16. The van der Waals surface area contributed by atoms with Crippen molar-refractivity contribution in [3.63, 3.8) is 0 Å². The van der Waals surface area contributed by atoms with E-state index >= 15 is 0 Å². The van der Waals surface area contributed by atoms with Crippen LogP contribution in [0.15, 0.2) is 18.2 Å². The zero-order valence-electron chi connectivity index (χ0n) is 12.1. The Hall–Kier alpha value is -1.42. The number of benzene rings is 1. The van der Waals surface area contributed by atoms with Gasteiger partial charge in [-0.3, -0.25) is 4.90 Å². The van der Waals surface area contributed by atoms with Crippen LogP contribution in [0.2, 0.25) is 0 Å². The number of ether oxygens (including phenoxy) is 1. The third-order valence-electron chi connectivity index (χ3n) is 3.44. The maximum Gasteiger partial charge on any atom is 0.340 e. The van der Waals surface area contributed by atoms with Crippen molar-refractivity contribution in [3.05, 3.63) is 35.1 Å². The topological polar surface area (TPSA) is 29.5 Å². The Morgan fingerprint density at radius 1 is 1.42 bits per heavy atom. The quantitative estimate of drug-likeness (QED) is 0.741. The van der Waals surface area contributed by atoms with Crippen LogP contribution in [0.1, 0.15) is 43.1 Å². The predicted octanol–water partition coefficient (Wildman–Crippen LogP) is 3.23. The van der Waals surface area contributed by atoms with Gasteiger partial charge in [-0.15, -0.1) is 0 Å². The first kappa shape index (κ1) is 15.6. The summed E-state index contributed by atoms with van der Waals surface area (Å²) in [6.45, 7) is 7.97. The fourth-order valence-corrected chi connectivity index (χ4v) is 2.00. The molecule has 0 amide bonds. The lowest BCUT2D eigenvalue weighted by molar-refractivity contribution is 0.0595. The number of hydrogen-bond donors (Lipinski definition) is 0. The molecular formula is C15H22FNO2. The van der Waals surface area contributed by atoms with Crippen LogP contribution in [-0.4, -0.2) is 30.6 Å². The highest BCUT2D eigenvalue weighted by Gasteiger charge is 2.15. The average molecular weight is 267 g/mol. The summed E-state index contributed by atoms with van der Waals surface area (Å²) in [6.07, 6.45) is 1.05. The van der Waals surface area contributed by atoms with Crippen LogP contribution in [0.25, 0.3) is 0 Å². The van der Waals surface area contributed by atoms with E-state index in [4.69, 9.17) is 0 Å². The molecule has 0 heterocycles. The highest BCUT2D eigenvalue weighted by Crippen LogP contribution is 2.15. The van der Waals surface area contributed by atoms with Gasteiger partial charge in [0.15, 0.2) is 0 Å². The molecule has 4 heteroatoms. The van der Waals surface area contributed by atoms with Crippen LogP contribution in [0.3, 0.4) is 0 Å². The second-order valence-corrected chi connectivity index (χ2v) is 4.63. The van der Waals surface area contributed by atoms with E-state index in [-0.39, 0.29) is 5.56 Å². The first-order valence-electron chi connectivity index (χ1n) is 6.64. The summed E-state index contributed by atoms with van der Waals surface area (Å²) in [5.41, 5.74) is 0.852. The lowest BCUT2D eigenvalue weighted by Crippen LogP contribution is -2.31. The van der Waals surface area contributed by atoms with E-state index < -0.39 is 11.8 Å². The van der Waals surface area contributed by atoms with Gasteiger partial charge in [0, 0.05) is 12.6 Å². The second kappa shape index (κ2) is 7.24. The molecule has 0 N–H and O–H groups in total. The van der Waals surface area contributed by atoms with Gasteiger partial charge in [0.2, 0.25) is 0 Å². The number of nitrogens with zero attached hydrogens (tertiary/aromatic N) is 1. The van der Waals surface area contributed by atoms with Crippen LogP contribution >= 0.6 is 0 Å². The summed E-state index contributed by atoms with van der Waals surface area (Å²) in [7, 11) is 1.25. The van der Waals surface area contributed by atoms with E-state index in [0.717, 1.165) is 18.5 Å². The van der Waals surface area contributed by atoms with Gasteiger partial charge in [-0.05, 0) is 37.6 Å². The number of rotatable bonds is 6. The van der Waals surface area contributed by atoms with Crippen molar-refractivity contribution in [1.82, 2.24) is 4.90 Å². The zero-order valence-corrected chi connectivity index (χ0v) is 12.1. The molecule has 19 heavy (non-hydrogen) atoms. The lowest BCUT2D eigenvalue weighted by Gasteiger charge is -2.27. The highest BCUT2D eigenvalue weighted by molar-refractivity contribution is 5.89. The van der Waals surface area contributed by atoms with Crippen LogP contribution in [0.5, 0.6) is 0 Å². The van der Waals surface area contributed by atoms with Gasteiger partial charge >= 0.3 is 5.97 Å². The van der Waals surface area contributed by atoms with Gasteiger partial charge in [-0.1, -0.05) is 19.9 Å². The molecule has 3 nitrogen and oxygen atoms in total. The summed E-state index contributed by atoms with van der Waals surface area (Å²) >= 11 is 0. The van der Waals surface area contributed by atoms with E-state index in [1.165, 1.54) is 19.2 Å². The number of methoxy groups -OCH3 is 1. The SMILES string of the molecule is CCC(C)N(CC)Cc1ccc(C(=O)OC)c(F)c1. The number of esters is 1. The van der Waals surface area contributed by atoms with E-state index in [1.54, 1.807) is 6.07 Å². The minimum absolute atomic E-state index is 0.0159. The molecule has 0 saturated carbocycles. The maximum atomic E-state index is 13.8. The van der Waals surface area contributed by atoms with Gasteiger partial charge in [-0.2, -0.15) is 0 Å². The summed E-state index contributed by atoms with van der Waals surface area (Å²) in [5, 5.41) is 0. The third-order valence-corrected chi connectivity index (χ3v) is 3.44. The van der Waals surface area contributed by atoms with E-state index in [0.29, 0.717) is 12.6 Å². The molecule has 0 saturated heterocycles. The van der Waals surface area contributed by atoms with Crippen molar-refractivity contribution in [2.24, 2.45) is 0 Å². The van der Waals surface area contributed by atoms with Gasteiger partial charge < -0.3 is 4.74 Å². The van der Waals surface area contributed by atoms with Crippen molar-refractivity contribution in [2.75, 3.05) is 13.7 Å². The Bertz CT molecular complexity index is 434. The van der Waals surface area contributed by atoms with Crippen LogP contribution in [-0.2, 0) is 11.3 Å². The molecule has 0 bridgehead atoms. The average Bonchev–Trinajstić information content (AvgIpc) is 2.43. The Balaban J connectivity index is 2.86. The molecule has 1 aromatic carbocycles. The highest BCUT2D eigenvalue weighted by atomic mass is 19.1. The molecule has 1 atom stereocenters. The largest absolute Gasteiger partial charge is 0.465 e. The number of hydrogen-bond acceptors (Lipinski definition) is 3. The Morgan fingerprint density at radius 3 is 2.58 bits per heavy atom. The fraction of sp³-hybridized carbons (Fsp3) is 0.533. The molecule has 106 valence electrons. The molecule has 0 aliphatic carbocycles. The van der Waals surface area contributed by atoms with Gasteiger partial charge in [0.05, 0.1) is 12.7 Å². The molecule has 1 unspecified atom stereocenters. The van der Waals surface area contributed by atoms with Crippen LogP contribution < -0.4 is 0 Å². The van der Waals surface area contributed by atoms with E-state index in [2.05, 4.69) is 30.4 Å². The molecular weight excluding hydrogens is 245 g/mol. The molecule has 1 aromatic rings. The summed E-state index contributed by atoms with van der Waals surface area (Å²) < 4.78 is 18.3. The Morgan fingerprint density at radius 2 is 2.11 bits per heavy atom. The monoisotopic (exact) mass is 267 g/mol. The van der Waals surface area contributed by atoms with Crippen LogP contribution in [0, 0.1) is 5.82 Å². The first-order chi connectivity index (χ1) is 9.03. The zero-order chi connectivity index (χ0) is 14.4. The summed E-state index contributed by atoms with van der Waals surface area (Å²) in [6, 6.07) is 5.13. The Labute approximate surface area is 114 Å². The lowest BCUT2D eigenvalue weighted by atomic mass is 10.1. The standard InChI is InChI=1S/C15H22FNO2/c1-5-11(3)17(6-2)10-12-7-8-13(14(16)9-12)15(18)19-4/h7-9,11H,5-6,10H2,1-4H3.